The van der Waals surface area contributed by atoms with E-state index in [1.165, 1.54) is 0 Å². The van der Waals surface area contributed by atoms with Crippen LogP contribution in [0.2, 0.25) is 0 Å². The van der Waals surface area contributed by atoms with E-state index in [1.807, 2.05) is 60.4 Å². The molecule has 29 heavy (non-hydrogen) atoms. The molecule has 1 atom stereocenters. The highest BCUT2D eigenvalue weighted by Crippen LogP contribution is 2.32. The number of aromatic nitrogens is 2. The molecule has 1 aromatic carbocycles. The molecule has 0 radical (unpaired) electrons. The normalized spacial score (nSPS) is 16.6. The molecule has 150 valence electrons. The summed E-state index contributed by atoms with van der Waals surface area (Å²) >= 11 is 1.58. The Hall–Kier alpha value is -2.73. The number of ether oxygens (including phenoxy) is 1. The molecule has 1 unspecified atom stereocenters. The molecule has 0 aliphatic carbocycles. The SMILES string of the molecule is Cc1nc(C(=O)N2CCCCC2CCOc2ccccn2)c(-c2ccccc2)s1. The third kappa shape index (κ3) is 4.65. The molecular weight excluding hydrogens is 382 g/mol. The summed E-state index contributed by atoms with van der Waals surface area (Å²) in [4.78, 5) is 25.2. The van der Waals surface area contributed by atoms with Gasteiger partial charge in [0.15, 0.2) is 0 Å². The van der Waals surface area contributed by atoms with Crippen LogP contribution in [0.3, 0.4) is 0 Å². The quantitative estimate of drug-likeness (QED) is 0.578. The molecule has 1 aliphatic rings. The number of benzene rings is 1. The number of hydrogen-bond donors (Lipinski definition) is 0. The van der Waals surface area contributed by atoms with Crippen LogP contribution in [-0.2, 0) is 0 Å². The molecule has 1 amide bonds. The third-order valence-electron chi connectivity index (χ3n) is 5.20. The van der Waals surface area contributed by atoms with Crippen LogP contribution in [0.1, 0.15) is 41.2 Å². The molecule has 1 fully saturated rings. The summed E-state index contributed by atoms with van der Waals surface area (Å²) < 4.78 is 5.78. The zero-order valence-corrected chi connectivity index (χ0v) is 17.4. The largest absolute Gasteiger partial charge is 0.478 e. The van der Waals surface area contributed by atoms with Crippen molar-refractivity contribution in [3.8, 4) is 16.3 Å². The summed E-state index contributed by atoms with van der Waals surface area (Å²) in [5.41, 5.74) is 1.63. The Morgan fingerprint density at radius 1 is 1.17 bits per heavy atom. The standard InChI is InChI=1S/C23H25N3O2S/c1-17-25-21(22(29-17)18-9-3-2-4-10-18)23(27)26-15-8-6-11-19(26)13-16-28-20-12-5-7-14-24-20/h2-5,7,9-10,12,14,19H,6,8,11,13,15-16H2,1H3. The van der Waals surface area contributed by atoms with Crippen molar-refractivity contribution in [2.45, 2.75) is 38.6 Å². The van der Waals surface area contributed by atoms with E-state index in [0.29, 0.717) is 18.2 Å². The van der Waals surface area contributed by atoms with Crippen molar-refractivity contribution in [1.29, 1.82) is 0 Å². The number of carbonyl (C=O) groups excluding carboxylic acids is 1. The van der Waals surface area contributed by atoms with E-state index in [1.54, 1.807) is 17.5 Å². The molecule has 0 N–H and O–H groups in total. The van der Waals surface area contributed by atoms with Crippen LogP contribution in [0.15, 0.2) is 54.7 Å². The second-order valence-corrected chi connectivity index (χ2v) is 8.43. The summed E-state index contributed by atoms with van der Waals surface area (Å²) in [5.74, 6) is 0.665. The maximum atomic E-state index is 13.5. The first-order valence-electron chi connectivity index (χ1n) is 10.1. The van der Waals surface area contributed by atoms with E-state index in [9.17, 15) is 4.79 Å². The lowest BCUT2D eigenvalue weighted by molar-refractivity contribution is 0.0575. The van der Waals surface area contributed by atoms with E-state index in [0.717, 1.165) is 47.7 Å². The Morgan fingerprint density at radius 2 is 2.00 bits per heavy atom. The lowest BCUT2D eigenvalue weighted by Crippen LogP contribution is -2.44. The van der Waals surface area contributed by atoms with Crippen LogP contribution in [0.5, 0.6) is 5.88 Å². The van der Waals surface area contributed by atoms with Crippen molar-refractivity contribution in [1.82, 2.24) is 14.9 Å². The first kappa shape index (κ1) is 19.6. The van der Waals surface area contributed by atoms with Gasteiger partial charge in [-0.25, -0.2) is 9.97 Å². The van der Waals surface area contributed by atoms with E-state index in [2.05, 4.69) is 9.97 Å². The zero-order valence-electron chi connectivity index (χ0n) is 16.6. The number of hydrogen-bond acceptors (Lipinski definition) is 5. The zero-order chi connectivity index (χ0) is 20.1. The molecular formula is C23H25N3O2S. The van der Waals surface area contributed by atoms with Crippen LogP contribution in [0.25, 0.3) is 10.4 Å². The molecule has 3 heterocycles. The van der Waals surface area contributed by atoms with E-state index >= 15 is 0 Å². The summed E-state index contributed by atoms with van der Waals surface area (Å²) in [6.45, 7) is 3.28. The Bertz CT molecular complexity index is 943. The van der Waals surface area contributed by atoms with Crippen LogP contribution in [-0.4, -0.2) is 40.0 Å². The lowest BCUT2D eigenvalue weighted by atomic mass is 9.98. The average Bonchev–Trinajstić information content (AvgIpc) is 3.17. The molecule has 5 nitrogen and oxygen atoms in total. The van der Waals surface area contributed by atoms with Crippen molar-refractivity contribution in [3.63, 3.8) is 0 Å². The van der Waals surface area contributed by atoms with Gasteiger partial charge in [-0.2, -0.15) is 0 Å². The van der Waals surface area contributed by atoms with Gasteiger partial charge in [0.25, 0.3) is 5.91 Å². The Labute approximate surface area is 175 Å². The second kappa shape index (κ2) is 9.18. The molecule has 3 aromatic rings. The molecule has 6 heteroatoms. The van der Waals surface area contributed by atoms with Crippen molar-refractivity contribution in [2.75, 3.05) is 13.2 Å². The van der Waals surface area contributed by atoms with Crippen molar-refractivity contribution in [3.05, 3.63) is 65.4 Å². The number of amides is 1. The van der Waals surface area contributed by atoms with Gasteiger partial charge in [-0.3, -0.25) is 4.79 Å². The fourth-order valence-corrected chi connectivity index (χ4v) is 4.71. The van der Waals surface area contributed by atoms with Crippen LogP contribution in [0, 0.1) is 6.92 Å². The van der Waals surface area contributed by atoms with Gasteiger partial charge in [0.1, 0.15) is 5.69 Å². The van der Waals surface area contributed by atoms with Gasteiger partial charge in [-0.05, 0) is 37.8 Å². The van der Waals surface area contributed by atoms with Crippen molar-refractivity contribution < 1.29 is 9.53 Å². The number of rotatable bonds is 6. The first-order valence-corrected chi connectivity index (χ1v) is 10.9. The highest BCUT2D eigenvalue weighted by atomic mass is 32.1. The van der Waals surface area contributed by atoms with E-state index < -0.39 is 0 Å². The maximum absolute atomic E-state index is 13.5. The number of likely N-dealkylation sites (tertiary alicyclic amines) is 1. The fourth-order valence-electron chi connectivity index (χ4n) is 3.79. The van der Waals surface area contributed by atoms with Crippen LogP contribution >= 0.6 is 11.3 Å². The Balaban J connectivity index is 1.49. The minimum atomic E-state index is 0.0377. The first-order chi connectivity index (χ1) is 14.2. The molecule has 4 rings (SSSR count). The molecule has 0 saturated carbocycles. The monoisotopic (exact) mass is 407 g/mol. The average molecular weight is 408 g/mol. The van der Waals surface area contributed by atoms with Gasteiger partial charge < -0.3 is 9.64 Å². The van der Waals surface area contributed by atoms with E-state index in [4.69, 9.17) is 4.74 Å². The maximum Gasteiger partial charge on any atom is 0.274 e. The van der Waals surface area contributed by atoms with Gasteiger partial charge >= 0.3 is 0 Å². The highest BCUT2D eigenvalue weighted by Gasteiger charge is 2.30. The number of pyridine rings is 1. The second-order valence-electron chi connectivity index (χ2n) is 7.23. The highest BCUT2D eigenvalue weighted by molar-refractivity contribution is 7.15. The predicted molar refractivity (Wildman–Crippen MR) is 115 cm³/mol. The lowest BCUT2D eigenvalue weighted by Gasteiger charge is -2.35. The van der Waals surface area contributed by atoms with Crippen LogP contribution < -0.4 is 4.74 Å². The number of aryl methyl sites for hydroxylation is 1. The van der Waals surface area contributed by atoms with Gasteiger partial charge in [-0.15, -0.1) is 11.3 Å². The van der Waals surface area contributed by atoms with Gasteiger partial charge in [0.2, 0.25) is 5.88 Å². The molecule has 2 aromatic heterocycles. The number of nitrogens with zero attached hydrogens (tertiary/aromatic N) is 3. The predicted octanol–water partition coefficient (Wildman–Crippen LogP) is 4.98. The van der Waals surface area contributed by atoms with Gasteiger partial charge in [0, 0.05) is 31.3 Å². The summed E-state index contributed by atoms with van der Waals surface area (Å²) in [5, 5.41) is 0.916. The van der Waals surface area contributed by atoms with Crippen molar-refractivity contribution in [2.24, 2.45) is 0 Å². The number of thiazole rings is 1. The molecule has 1 aliphatic heterocycles. The number of piperidine rings is 1. The molecule has 0 spiro atoms. The third-order valence-corrected chi connectivity index (χ3v) is 6.22. The summed E-state index contributed by atoms with van der Waals surface area (Å²) in [7, 11) is 0. The van der Waals surface area contributed by atoms with E-state index in [-0.39, 0.29) is 11.9 Å². The number of carbonyl (C=O) groups is 1. The Morgan fingerprint density at radius 3 is 2.79 bits per heavy atom. The summed E-state index contributed by atoms with van der Waals surface area (Å²) in [6, 6.07) is 15.9. The summed E-state index contributed by atoms with van der Waals surface area (Å²) in [6.07, 6.45) is 5.70. The molecule has 0 bridgehead atoms. The minimum absolute atomic E-state index is 0.0377. The van der Waals surface area contributed by atoms with Gasteiger partial charge in [0.05, 0.1) is 16.5 Å². The fraction of sp³-hybridized carbons (Fsp3) is 0.348. The smallest absolute Gasteiger partial charge is 0.274 e. The minimum Gasteiger partial charge on any atom is -0.478 e. The van der Waals surface area contributed by atoms with Gasteiger partial charge in [-0.1, -0.05) is 36.4 Å². The molecule has 1 saturated heterocycles. The topological polar surface area (TPSA) is 55.3 Å². The van der Waals surface area contributed by atoms with Crippen molar-refractivity contribution >= 4 is 17.2 Å². The van der Waals surface area contributed by atoms with Crippen LogP contribution in [0.4, 0.5) is 0 Å². The Kier molecular flexibility index (Phi) is 6.20.